The zero-order chi connectivity index (χ0) is 14.5. The molecule has 5 heteroatoms. The van der Waals surface area contributed by atoms with Crippen LogP contribution in [0.1, 0.15) is 23.7 Å². The van der Waals surface area contributed by atoms with Gasteiger partial charge in [0.05, 0.1) is 17.2 Å². The first-order valence-corrected chi connectivity index (χ1v) is 6.54. The number of rotatable bonds is 5. The summed E-state index contributed by atoms with van der Waals surface area (Å²) in [5.41, 5.74) is 3.70. The summed E-state index contributed by atoms with van der Waals surface area (Å²) >= 11 is 0. The van der Waals surface area contributed by atoms with Crippen LogP contribution in [0.4, 0.5) is 11.4 Å². The summed E-state index contributed by atoms with van der Waals surface area (Å²) in [4.78, 5) is 14.9. The number of hydrogen-bond acceptors (Lipinski definition) is 4. The van der Waals surface area contributed by atoms with Gasteiger partial charge in [0.25, 0.3) is 5.69 Å². The molecule has 0 amide bonds. The van der Waals surface area contributed by atoms with Crippen molar-refractivity contribution in [2.24, 2.45) is 0 Å². The lowest BCUT2D eigenvalue weighted by Crippen LogP contribution is -2.06. The van der Waals surface area contributed by atoms with Crippen LogP contribution >= 0.6 is 0 Å². The Kier molecular flexibility index (Phi) is 4.30. The fraction of sp³-hybridized carbons (Fsp3) is 0.267. The van der Waals surface area contributed by atoms with Crippen LogP contribution in [0.25, 0.3) is 0 Å². The first-order chi connectivity index (χ1) is 9.63. The van der Waals surface area contributed by atoms with Gasteiger partial charge in [-0.3, -0.25) is 15.1 Å². The van der Waals surface area contributed by atoms with E-state index < -0.39 is 0 Å². The van der Waals surface area contributed by atoms with Crippen molar-refractivity contribution in [3.05, 3.63) is 63.5 Å². The number of anilines is 1. The predicted octanol–water partition coefficient (Wildman–Crippen LogP) is 3.47. The molecule has 20 heavy (non-hydrogen) atoms. The van der Waals surface area contributed by atoms with Crippen LogP contribution in [0.15, 0.2) is 36.5 Å². The van der Waals surface area contributed by atoms with Crippen LogP contribution in [0.2, 0.25) is 0 Å². The number of nitro groups is 1. The van der Waals surface area contributed by atoms with Crippen LogP contribution < -0.4 is 5.32 Å². The molecule has 0 unspecified atom stereocenters. The van der Waals surface area contributed by atoms with E-state index in [4.69, 9.17) is 0 Å². The van der Waals surface area contributed by atoms with Crippen molar-refractivity contribution in [1.29, 1.82) is 0 Å². The standard InChI is InChI=1S/C15H17N3O2/c1-3-12-6-5-9-16-14(12)10-17-13-7-4-8-15(11(13)2)18(19)20/h4-9,17H,3,10H2,1-2H3. The van der Waals surface area contributed by atoms with Gasteiger partial charge in [0.15, 0.2) is 0 Å². The fourth-order valence-electron chi connectivity index (χ4n) is 2.14. The summed E-state index contributed by atoms with van der Waals surface area (Å²) < 4.78 is 0. The molecule has 0 saturated heterocycles. The Balaban J connectivity index is 2.19. The Bertz CT molecular complexity index is 626. The second-order valence-electron chi connectivity index (χ2n) is 4.52. The number of aromatic nitrogens is 1. The van der Waals surface area contributed by atoms with Crippen LogP contribution in [0.5, 0.6) is 0 Å². The van der Waals surface area contributed by atoms with E-state index >= 15 is 0 Å². The molecule has 104 valence electrons. The highest BCUT2D eigenvalue weighted by atomic mass is 16.6. The Hall–Kier alpha value is -2.43. The fourth-order valence-corrected chi connectivity index (χ4v) is 2.14. The van der Waals surface area contributed by atoms with Crippen LogP contribution in [0.3, 0.4) is 0 Å². The van der Waals surface area contributed by atoms with Gasteiger partial charge < -0.3 is 5.32 Å². The second kappa shape index (κ2) is 6.14. The average molecular weight is 271 g/mol. The predicted molar refractivity (Wildman–Crippen MR) is 78.8 cm³/mol. The van der Waals surface area contributed by atoms with Crippen molar-refractivity contribution in [3.8, 4) is 0 Å². The van der Waals surface area contributed by atoms with Crippen molar-refractivity contribution < 1.29 is 4.92 Å². The minimum absolute atomic E-state index is 0.131. The maximum Gasteiger partial charge on any atom is 0.274 e. The largest absolute Gasteiger partial charge is 0.379 e. The van der Waals surface area contributed by atoms with Gasteiger partial charge in [-0.05, 0) is 31.0 Å². The molecule has 2 aromatic rings. The number of pyridine rings is 1. The molecule has 0 aliphatic carbocycles. The molecule has 1 N–H and O–H groups in total. The second-order valence-corrected chi connectivity index (χ2v) is 4.52. The maximum absolute atomic E-state index is 10.9. The number of nitrogens with one attached hydrogen (secondary N) is 1. The molecule has 0 bridgehead atoms. The summed E-state index contributed by atoms with van der Waals surface area (Å²) in [6.07, 6.45) is 2.68. The molecule has 0 aliphatic heterocycles. The normalized spacial score (nSPS) is 10.3. The van der Waals surface area contributed by atoms with Gasteiger partial charge in [0.1, 0.15) is 0 Å². The highest BCUT2D eigenvalue weighted by molar-refractivity contribution is 5.59. The third-order valence-electron chi connectivity index (χ3n) is 3.31. The van der Waals surface area contributed by atoms with Crippen molar-refractivity contribution in [2.45, 2.75) is 26.8 Å². The number of nitro benzene ring substituents is 1. The minimum atomic E-state index is -0.362. The van der Waals surface area contributed by atoms with E-state index in [9.17, 15) is 10.1 Å². The van der Waals surface area contributed by atoms with Crippen LogP contribution in [-0.2, 0) is 13.0 Å². The van der Waals surface area contributed by atoms with Gasteiger partial charge in [-0.1, -0.05) is 19.1 Å². The van der Waals surface area contributed by atoms with Crippen molar-refractivity contribution >= 4 is 11.4 Å². The topological polar surface area (TPSA) is 68.1 Å². The average Bonchev–Trinajstić information content (AvgIpc) is 2.46. The van der Waals surface area contributed by atoms with E-state index in [2.05, 4.69) is 17.2 Å². The summed E-state index contributed by atoms with van der Waals surface area (Å²) in [5.74, 6) is 0. The molecule has 0 fully saturated rings. The SMILES string of the molecule is CCc1cccnc1CNc1cccc([N+](=O)[O-])c1C. The number of hydrogen-bond donors (Lipinski definition) is 1. The zero-order valence-electron chi connectivity index (χ0n) is 11.6. The third kappa shape index (κ3) is 2.93. The monoisotopic (exact) mass is 271 g/mol. The van der Waals surface area contributed by atoms with Gasteiger partial charge in [-0.25, -0.2) is 0 Å². The van der Waals surface area contributed by atoms with Crippen LogP contribution in [0, 0.1) is 17.0 Å². The highest BCUT2D eigenvalue weighted by Gasteiger charge is 2.13. The molecule has 1 heterocycles. The Morgan fingerprint density at radius 1 is 1.30 bits per heavy atom. The smallest absolute Gasteiger partial charge is 0.274 e. The van der Waals surface area contributed by atoms with Gasteiger partial charge in [0.2, 0.25) is 0 Å². The van der Waals surface area contributed by atoms with E-state index in [-0.39, 0.29) is 10.6 Å². The van der Waals surface area contributed by atoms with Gasteiger partial charge in [-0.15, -0.1) is 0 Å². The van der Waals surface area contributed by atoms with Crippen molar-refractivity contribution in [2.75, 3.05) is 5.32 Å². The number of aryl methyl sites for hydroxylation is 1. The van der Waals surface area contributed by atoms with Gasteiger partial charge in [0, 0.05) is 23.5 Å². The molecule has 0 saturated carbocycles. The van der Waals surface area contributed by atoms with Gasteiger partial charge >= 0.3 is 0 Å². The first-order valence-electron chi connectivity index (χ1n) is 6.54. The molecule has 0 radical (unpaired) electrons. The van der Waals surface area contributed by atoms with Gasteiger partial charge in [-0.2, -0.15) is 0 Å². The van der Waals surface area contributed by atoms with E-state index in [0.717, 1.165) is 17.8 Å². The molecular formula is C15H17N3O2. The Morgan fingerprint density at radius 2 is 2.10 bits per heavy atom. The first kappa shape index (κ1) is 14.0. The van der Waals surface area contributed by atoms with E-state index in [0.29, 0.717) is 12.1 Å². The van der Waals surface area contributed by atoms with Crippen LogP contribution in [-0.4, -0.2) is 9.91 Å². The van der Waals surface area contributed by atoms with E-state index in [1.165, 1.54) is 11.6 Å². The molecule has 1 aromatic heterocycles. The number of nitrogens with zero attached hydrogens (tertiary/aromatic N) is 2. The molecule has 0 atom stereocenters. The highest BCUT2D eigenvalue weighted by Crippen LogP contribution is 2.25. The molecule has 1 aromatic carbocycles. The zero-order valence-corrected chi connectivity index (χ0v) is 11.6. The molecule has 5 nitrogen and oxygen atoms in total. The molecule has 2 rings (SSSR count). The third-order valence-corrected chi connectivity index (χ3v) is 3.31. The van der Waals surface area contributed by atoms with E-state index in [1.807, 2.05) is 18.2 Å². The van der Waals surface area contributed by atoms with Crippen molar-refractivity contribution in [3.63, 3.8) is 0 Å². The maximum atomic E-state index is 10.9. The molecular weight excluding hydrogens is 254 g/mol. The Morgan fingerprint density at radius 3 is 2.80 bits per heavy atom. The summed E-state index contributed by atoms with van der Waals surface area (Å²) in [7, 11) is 0. The Labute approximate surface area is 117 Å². The molecule has 0 spiro atoms. The summed E-state index contributed by atoms with van der Waals surface area (Å²) in [5, 5.41) is 14.1. The summed E-state index contributed by atoms with van der Waals surface area (Å²) in [6.45, 7) is 4.39. The lowest BCUT2D eigenvalue weighted by atomic mass is 10.1. The summed E-state index contributed by atoms with van der Waals surface area (Å²) in [6, 6.07) is 9.01. The van der Waals surface area contributed by atoms with Crippen molar-refractivity contribution in [1.82, 2.24) is 4.98 Å². The minimum Gasteiger partial charge on any atom is -0.379 e. The lowest BCUT2D eigenvalue weighted by molar-refractivity contribution is -0.385. The lowest BCUT2D eigenvalue weighted by Gasteiger charge is -2.11. The molecule has 0 aliphatic rings. The number of benzene rings is 1. The van der Waals surface area contributed by atoms with E-state index in [1.54, 1.807) is 19.2 Å². The quantitative estimate of drug-likeness (QED) is 0.667.